The molecule has 1 aromatic rings. The van der Waals surface area contributed by atoms with E-state index in [1.165, 1.54) is 0 Å². The van der Waals surface area contributed by atoms with E-state index in [1.807, 2.05) is 0 Å². The van der Waals surface area contributed by atoms with Crippen molar-refractivity contribution in [2.45, 2.75) is 12.3 Å². The number of hydrogen-bond acceptors (Lipinski definition) is 4. The summed E-state index contributed by atoms with van der Waals surface area (Å²) < 4.78 is 37.0. The number of carboxylic acid groups (broad SMARTS) is 1. The molecule has 0 radical (unpaired) electrons. The Morgan fingerprint density at radius 1 is 1.39 bits per heavy atom. The summed E-state index contributed by atoms with van der Waals surface area (Å²) in [7, 11) is 0. The fraction of sp³-hybridized carbons (Fsp3) is 0.222. The number of halogens is 3. The van der Waals surface area contributed by atoms with Gasteiger partial charge in [0.15, 0.2) is 6.10 Å². The van der Waals surface area contributed by atoms with Crippen molar-refractivity contribution in [3.63, 3.8) is 0 Å². The van der Waals surface area contributed by atoms with Gasteiger partial charge in [-0.25, -0.2) is 4.79 Å². The van der Waals surface area contributed by atoms with Crippen molar-refractivity contribution in [1.29, 1.82) is 0 Å². The highest BCUT2D eigenvalue weighted by Crippen LogP contribution is 2.34. The van der Waals surface area contributed by atoms with E-state index < -0.39 is 40.0 Å². The number of nitro groups is 1. The van der Waals surface area contributed by atoms with E-state index in [1.54, 1.807) is 0 Å². The first kappa shape index (κ1) is 13.9. The number of rotatable bonds is 3. The number of hydrogen-bond donors (Lipinski definition) is 2. The van der Waals surface area contributed by atoms with E-state index in [-0.39, 0.29) is 6.07 Å². The zero-order valence-electron chi connectivity index (χ0n) is 8.51. The lowest BCUT2D eigenvalue weighted by Gasteiger charge is -2.10. The lowest BCUT2D eigenvalue weighted by molar-refractivity contribution is -0.386. The molecule has 0 aliphatic heterocycles. The molecule has 0 aliphatic carbocycles. The molecule has 1 rings (SSSR count). The van der Waals surface area contributed by atoms with Crippen LogP contribution in [0.5, 0.6) is 0 Å². The normalized spacial score (nSPS) is 13.1. The molecule has 0 amide bonds. The zero-order valence-corrected chi connectivity index (χ0v) is 8.51. The van der Waals surface area contributed by atoms with Gasteiger partial charge in [0, 0.05) is 6.07 Å². The summed E-state index contributed by atoms with van der Waals surface area (Å²) in [5, 5.41) is 28.2. The molecule has 0 saturated heterocycles. The molecule has 18 heavy (non-hydrogen) atoms. The van der Waals surface area contributed by atoms with E-state index >= 15 is 0 Å². The van der Waals surface area contributed by atoms with Crippen LogP contribution in [0.2, 0.25) is 0 Å². The summed E-state index contributed by atoms with van der Waals surface area (Å²) in [6, 6.07) is 1.22. The Morgan fingerprint density at radius 3 is 2.33 bits per heavy atom. The van der Waals surface area contributed by atoms with Crippen molar-refractivity contribution >= 4 is 11.7 Å². The molecule has 0 unspecified atom stereocenters. The fourth-order valence-corrected chi connectivity index (χ4v) is 1.24. The summed E-state index contributed by atoms with van der Waals surface area (Å²) in [6.45, 7) is 0. The number of aliphatic hydroxyl groups is 1. The first-order valence-electron chi connectivity index (χ1n) is 4.41. The standard InChI is InChI=1S/C9H6F3NO5/c10-9(11,12)4-1-2-5(7(14)8(15)16)6(3-4)13(17)18/h1-3,7,14H,(H,15,16)/t7-/m0/s1. The maximum absolute atomic E-state index is 12.3. The van der Waals surface area contributed by atoms with Gasteiger partial charge < -0.3 is 10.2 Å². The van der Waals surface area contributed by atoms with Crippen LogP contribution in [0.4, 0.5) is 18.9 Å². The van der Waals surface area contributed by atoms with E-state index in [4.69, 9.17) is 10.2 Å². The lowest BCUT2D eigenvalue weighted by Crippen LogP contribution is -2.14. The van der Waals surface area contributed by atoms with Crippen LogP contribution in [0.1, 0.15) is 17.2 Å². The van der Waals surface area contributed by atoms with Gasteiger partial charge in [0.2, 0.25) is 0 Å². The van der Waals surface area contributed by atoms with Gasteiger partial charge in [0.25, 0.3) is 5.69 Å². The van der Waals surface area contributed by atoms with Gasteiger partial charge in [-0.3, -0.25) is 10.1 Å². The number of carboxylic acids is 1. The second-order valence-electron chi connectivity index (χ2n) is 3.27. The molecule has 6 nitrogen and oxygen atoms in total. The SMILES string of the molecule is O=C(O)[C@@H](O)c1ccc(C(F)(F)F)cc1[N+](=O)[O-]. The highest BCUT2D eigenvalue weighted by atomic mass is 19.4. The smallest absolute Gasteiger partial charge is 0.416 e. The summed E-state index contributed by atoms with van der Waals surface area (Å²) in [4.78, 5) is 19.8. The third-order valence-electron chi connectivity index (χ3n) is 2.08. The Morgan fingerprint density at radius 2 is 1.94 bits per heavy atom. The number of carbonyl (C=O) groups is 1. The Labute approximate surface area is 97.4 Å². The molecule has 0 saturated carbocycles. The summed E-state index contributed by atoms with van der Waals surface area (Å²) in [5.74, 6) is -1.79. The van der Waals surface area contributed by atoms with E-state index in [0.29, 0.717) is 12.1 Å². The first-order valence-corrected chi connectivity index (χ1v) is 4.41. The fourth-order valence-electron chi connectivity index (χ4n) is 1.24. The second-order valence-corrected chi connectivity index (χ2v) is 3.27. The van der Waals surface area contributed by atoms with E-state index in [9.17, 15) is 28.1 Å². The van der Waals surface area contributed by atoms with Crippen molar-refractivity contribution < 1.29 is 33.1 Å². The average Bonchev–Trinajstić information content (AvgIpc) is 2.25. The number of aliphatic hydroxyl groups excluding tert-OH is 1. The molecule has 2 N–H and O–H groups in total. The summed E-state index contributed by atoms with van der Waals surface area (Å²) in [6.07, 6.45) is -7.05. The Hall–Kier alpha value is -2.16. The van der Waals surface area contributed by atoms with Crippen LogP contribution in [-0.4, -0.2) is 21.1 Å². The molecule has 0 aliphatic rings. The van der Waals surface area contributed by atoms with Gasteiger partial charge >= 0.3 is 12.1 Å². The van der Waals surface area contributed by atoms with Crippen molar-refractivity contribution in [3.05, 3.63) is 39.4 Å². The number of aliphatic carboxylic acids is 1. The Balaban J connectivity index is 3.39. The van der Waals surface area contributed by atoms with Crippen LogP contribution in [0.25, 0.3) is 0 Å². The van der Waals surface area contributed by atoms with Gasteiger partial charge in [-0.1, -0.05) is 0 Å². The van der Waals surface area contributed by atoms with Crippen molar-refractivity contribution in [2.75, 3.05) is 0 Å². The second kappa shape index (κ2) is 4.61. The van der Waals surface area contributed by atoms with Crippen LogP contribution in [0, 0.1) is 10.1 Å². The molecular formula is C9H6F3NO5. The molecule has 0 heterocycles. The maximum Gasteiger partial charge on any atom is 0.416 e. The van der Waals surface area contributed by atoms with Crippen molar-refractivity contribution in [1.82, 2.24) is 0 Å². The molecule has 1 aromatic carbocycles. The minimum absolute atomic E-state index is 0.182. The van der Waals surface area contributed by atoms with Gasteiger partial charge in [-0.15, -0.1) is 0 Å². The molecule has 9 heteroatoms. The van der Waals surface area contributed by atoms with Gasteiger partial charge in [0.05, 0.1) is 16.1 Å². The van der Waals surface area contributed by atoms with Crippen molar-refractivity contribution in [3.8, 4) is 0 Å². The predicted molar refractivity (Wildman–Crippen MR) is 50.7 cm³/mol. The highest BCUT2D eigenvalue weighted by molar-refractivity contribution is 5.76. The average molecular weight is 265 g/mol. The van der Waals surface area contributed by atoms with Crippen molar-refractivity contribution in [2.24, 2.45) is 0 Å². The first-order chi connectivity index (χ1) is 8.14. The minimum Gasteiger partial charge on any atom is -0.479 e. The number of benzene rings is 1. The molecule has 1 atom stereocenters. The van der Waals surface area contributed by atoms with Crippen LogP contribution in [0.15, 0.2) is 18.2 Å². The Kier molecular flexibility index (Phi) is 3.56. The molecule has 98 valence electrons. The van der Waals surface area contributed by atoms with Gasteiger partial charge in [-0.05, 0) is 12.1 Å². The predicted octanol–water partition coefficient (Wildman–Crippen LogP) is 1.73. The third kappa shape index (κ3) is 2.74. The monoisotopic (exact) mass is 265 g/mol. The maximum atomic E-state index is 12.3. The molecule has 0 aromatic heterocycles. The molecule has 0 fully saturated rings. The Bertz CT molecular complexity index is 499. The van der Waals surface area contributed by atoms with E-state index in [2.05, 4.69) is 0 Å². The topological polar surface area (TPSA) is 101 Å². The van der Waals surface area contributed by atoms with Crippen LogP contribution in [-0.2, 0) is 11.0 Å². The number of alkyl halides is 3. The molecule has 0 bridgehead atoms. The largest absolute Gasteiger partial charge is 0.479 e. The quantitative estimate of drug-likeness (QED) is 0.640. The third-order valence-corrected chi connectivity index (χ3v) is 2.08. The van der Waals surface area contributed by atoms with Crippen LogP contribution >= 0.6 is 0 Å². The molecular weight excluding hydrogens is 259 g/mol. The van der Waals surface area contributed by atoms with Gasteiger partial charge in [-0.2, -0.15) is 13.2 Å². The lowest BCUT2D eigenvalue weighted by atomic mass is 10.0. The van der Waals surface area contributed by atoms with E-state index in [0.717, 1.165) is 0 Å². The summed E-state index contributed by atoms with van der Waals surface area (Å²) in [5.41, 5.74) is -3.10. The van der Waals surface area contributed by atoms with Crippen LogP contribution in [0.3, 0.4) is 0 Å². The minimum atomic E-state index is -4.79. The van der Waals surface area contributed by atoms with Gasteiger partial charge in [0.1, 0.15) is 0 Å². The molecule has 0 spiro atoms. The van der Waals surface area contributed by atoms with Crippen LogP contribution < -0.4 is 0 Å². The highest BCUT2D eigenvalue weighted by Gasteiger charge is 2.34. The summed E-state index contributed by atoms with van der Waals surface area (Å²) >= 11 is 0. The number of nitrogens with zero attached hydrogens (tertiary/aromatic N) is 1. The zero-order chi connectivity index (χ0) is 14.1. The number of nitro benzene ring substituents is 1.